The van der Waals surface area contributed by atoms with Crippen LogP contribution < -0.4 is 0 Å². The molecule has 12 aromatic rings. The number of benzene rings is 9. The highest BCUT2D eigenvalue weighted by molar-refractivity contribution is 6.26. The van der Waals surface area contributed by atoms with Crippen molar-refractivity contribution in [3.8, 4) is 28.2 Å². The summed E-state index contributed by atoms with van der Waals surface area (Å²) in [6, 6.07) is 73.1. The van der Waals surface area contributed by atoms with Gasteiger partial charge in [-0.15, -0.1) is 0 Å². The fraction of sp³-hybridized carbons (Fsp3) is 0. The first kappa shape index (κ1) is 30.1. The summed E-state index contributed by atoms with van der Waals surface area (Å²) in [6.45, 7) is 0. The minimum absolute atomic E-state index is 1.14. The molecule has 3 aromatic heterocycles. The predicted molar refractivity (Wildman–Crippen MR) is 232 cm³/mol. The highest BCUT2D eigenvalue weighted by Crippen LogP contribution is 2.42. The normalized spacial score (nSPS) is 12.0. The molecule has 0 spiro atoms. The first-order valence-electron chi connectivity index (χ1n) is 18.9. The second kappa shape index (κ2) is 11.6. The second-order valence-corrected chi connectivity index (χ2v) is 14.5. The second-order valence-electron chi connectivity index (χ2n) is 14.5. The molecule has 0 saturated heterocycles. The van der Waals surface area contributed by atoms with Gasteiger partial charge in [0.2, 0.25) is 0 Å². The van der Waals surface area contributed by atoms with Crippen molar-refractivity contribution in [2.75, 3.05) is 0 Å². The van der Waals surface area contributed by atoms with Crippen molar-refractivity contribution in [2.24, 2.45) is 0 Å². The van der Waals surface area contributed by atoms with Crippen molar-refractivity contribution >= 4 is 76.2 Å². The zero-order valence-corrected chi connectivity index (χ0v) is 29.9. The molecular formula is C52H33N3. The van der Waals surface area contributed by atoms with E-state index in [1.165, 1.54) is 98.7 Å². The maximum Gasteiger partial charge on any atom is 0.0641 e. The molecule has 55 heavy (non-hydrogen) atoms. The Morgan fingerprint density at radius 3 is 1.60 bits per heavy atom. The molecule has 256 valence electrons. The minimum Gasteiger partial charge on any atom is -0.309 e. The van der Waals surface area contributed by atoms with Crippen molar-refractivity contribution in [1.82, 2.24) is 13.7 Å². The number of nitrogens with zero attached hydrogens (tertiary/aromatic N) is 3. The van der Waals surface area contributed by atoms with E-state index in [1.807, 2.05) is 0 Å². The van der Waals surface area contributed by atoms with Crippen LogP contribution in [0.4, 0.5) is 0 Å². The van der Waals surface area contributed by atoms with Crippen LogP contribution in [0.1, 0.15) is 0 Å². The molecular weight excluding hydrogens is 667 g/mol. The highest BCUT2D eigenvalue weighted by Gasteiger charge is 2.21. The molecule has 3 heterocycles. The molecule has 9 aromatic carbocycles. The van der Waals surface area contributed by atoms with Crippen molar-refractivity contribution in [3.63, 3.8) is 0 Å². The zero-order valence-electron chi connectivity index (χ0n) is 29.9. The van der Waals surface area contributed by atoms with Crippen molar-refractivity contribution in [1.29, 1.82) is 0 Å². The van der Waals surface area contributed by atoms with Gasteiger partial charge in [0.15, 0.2) is 0 Å². The monoisotopic (exact) mass is 699 g/mol. The van der Waals surface area contributed by atoms with E-state index >= 15 is 0 Å². The third-order valence-electron chi connectivity index (χ3n) is 11.6. The van der Waals surface area contributed by atoms with Gasteiger partial charge in [-0.1, -0.05) is 133 Å². The lowest BCUT2D eigenvalue weighted by molar-refractivity contribution is 1.17. The summed E-state index contributed by atoms with van der Waals surface area (Å²) in [5.74, 6) is 0. The summed E-state index contributed by atoms with van der Waals surface area (Å²) in [6.07, 6.45) is 0. The maximum absolute atomic E-state index is 2.44. The van der Waals surface area contributed by atoms with Crippen LogP contribution in [-0.2, 0) is 0 Å². The summed E-state index contributed by atoms with van der Waals surface area (Å²) >= 11 is 0. The Kier molecular flexibility index (Phi) is 6.34. The highest BCUT2D eigenvalue weighted by atomic mass is 15.0. The smallest absolute Gasteiger partial charge is 0.0641 e. The molecule has 3 nitrogen and oxygen atoms in total. The number of aromatic nitrogens is 3. The molecule has 0 aliphatic heterocycles. The van der Waals surface area contributed by atoms with Crippen LogP contribution in [0, 0.1) is 0 Å². The van der Waals surface area contributed by atoms with Crippen LogP contribution in [0.2, 0.25) is 0 Å². The molecule has 0 radical (unpaired) electrons. The van der Waals surface area contributed by atoms with E-state index in [2.05, 4.69) is 214 Å². The fourth-order valence-electron chi connectivity index (χ4n) is 9.25. The number of para-hydroxylation sites is 4. The van der Waals surface area contributed by atoms with Gasteiger partial charge in [-0.05, 0) is 83.2 Å². The van der Waals surface area contributed by atoms with Gasteiger partial charge < -0.3 is 13.7 Å². The van der Waals surface area contributed by atoms with Crippen LogP contribution >= 0.6 is 0 Å². The molecule has 0 saturated carbocycles. The summed E-state index contributed by atoms with van der Waals surface area (Å²) in [7, 11) is 0. The number of rotatable bonds is 4. The van der Waals surface area contributed by atoms with E-state index in [9.17, 15) is 0 Å². The van der Waals surface area contributed by atoms with Gasteiger partial charge in [0.25, 0.3) is 0 Å². The average molecular weight is 700 g/mol. The van der Waals surface area contributed by atoms with E-state index in [0.717, 1.165) is 5.69 Å². The van der Waals surface area contributed by atoms with Crippen molar-refractivity contribution in [2.45, 2.75) is 0 Å². The van der Waals surface area contributed by atoms with Crippen LogP contribution in [-0.4, -0.2) is 13.7 Å². The number of hydrogen-bond donors (Lipinski definition) is 0. The molecule has 0 N–H and O–H groups in total. The van der Waals surface area contributed by atoms with Crippen LogP contribution in [0.3, 0.4) is 0 Å². The van der Waals surface area contributed by atoms with E-state index in [1.54, 1.807) is 0 Å². The lowest BCUT2D eigenvalue weighted by Crippen LogP contribution is -1.95. The molecule has 0 bridgehead atoms. The molecule has 0 amide bonds. The van der Waals surface area contributed by atoms with Crippen LogP contribution in [0.15, 0.2) is 200 Å². The maximum atomic E-state index is 2.44. The first-order chi connectivity index (χ1) is 27.3. The van der Waals surface area contributed by atoms with Gasteiger partial charge in [0.1, 0.15) is 0 Å². The molecule has 12 rings (SSSR count). The van der Waals surface area contributed by atoms with E-state index in [-0.39, 0.29) is 0 Å². The van der Waals surface area contributed by atoms with Crippen LogP contribution in [0.25, 0.3) is 104 Å². The summed E-state index contributed by atoms with van der Waals surface area (Å²) in [5.41, 5.74) is 13.2. The van der Waals surface area contributed by atoms with Crippen LogP contribution in [0.5, 0.6) is 0 Å². The molecule has 0 aliphatic rings. The van der Waals surface area contributed by atoms with Gasteiger partial charge >= 0.3 is 0 Å². The van der Waals surface area contributed by atoms with Gasteiger partial charge in [0, 0.05) is 49.1 Å². The third kappa shape index (κ3) is 4.32. The molecule has 0 atom stereocenters. The Labute approximate surface area is 317 Å². The minimum atomic E-state index is 1.14. The van der Waals surface area contributed by atoms with Gasteiger partial charge in [-0.3, -0.25) is 0 Å². The van der Waals surface area contributed by atoms with E-state index < -0.39 is 0 Å². The SMILES string of the molecule is c1ccc(-n2c3ccccc3c3ccc4c(c5ccccc5n4-c4ccc(-c5ccc6c(c5)c5ccccc5n6-c5cccc6ccccc56)cc4)c32)cc1. The summed E-state index contributed by atoms with van der Waals surface area (Å²) < 4.78 is 7.30. The lowest BCUT2D eigenvalue weighted by atomic mass is 10.0. The van der Waals surface area contributed by atoms with Gasteiger partial charge in [0.05, 0.1) is 38.8 Å². The largest absolute Gasteiger partial charge is 0.309 e. The van der Waals surface area contributed by atoms with Gasteiger partial charge in [-0.2, -0.15) is 0 Å². The number of fused-ring (bicyclic) bond motifs is 11. The van der Waals surface area contributed by atoms with E-state index in [0.29, 0.717) is 0 Å². The molecule has 0 fully saturated rings. The predicted octanol–water partition coefficient (Wildman–Crippen LogP) is 13.8. The Balaban J connectivity index is 1.03. The Morgan fingerprint density at radius 1 is 0.273 bits per heavy atom. The van der Waals surface area contributed by atoms with Gasteiger partial charge in [-0.25, -0.2) is 0 Å². The Bertz CT molecular complexity index is 3460. The summed E-state index contributed by atoms with van der Waals surface area (Å²) in [4.78, 5) is 0. The standard InChI is InChI=1S/C52H33N3/c1-2-15-37(16-3-1)54-46-21-9-6-18-40(46)42-30-32-50-51(52(42)54)43-20-8-11-23-48(43)53(50)38-28-25-34(26-29-38)36-27-31-49-44(33-36)41-19-7-10-22-47(41)55(49)45-24-12-14-35-13-4-5-17-39(35)45/h1-33H. The topological polar surface area (TPSA) is 14.8 Å². The Hall–Kier alpha value is -7.36. The number of hydrogen-bond acceptors (Lipinski definition) is 0. The third-order valence-corrected chi connectivity index (χ3v) is 11.6. The Morgan fingerprint density at radius 2 is 0.818 bits per heavy atom. The summed E-state index contributed by atoms with van der Waals surface area (Å²) in [5, 5.41) is 10.1. The zero-order chi connectivity index (χ0) is 36.0. The van der Waals surface area contributed by atoms with Crippen molar-refractivity contribution < 1.29 is 0 Å². The molecule has 0 aliphatic carbocycles. The quantitative estimate of drug-likeness (QED) is 0.174. The lowest BCUT2D eigenvalue weighted by Gasteiger charge is -2.12. The van der Waals surface area contributed by atoms with E-state index in [4.69, 9.17) is 0 Å². The van der Waals surface area contributed by atoms with Crippen molar-refractivity contribution in [3.05, 3.63) is 200 Å². The molecule has 0 unspecified atom stereocenters. The average Bonchev–Trinajstić information content (AvgIpc) is 3.89. The fourth-order valence-corrected chi connectivity index (χ4v) is 9.25. The molecule has 3 heteroatoms. The first-order valence-corrected chi connectivity index (χ1v) is 18.9.